The fourth-order valence-corrected chi connectivity index (χ4v) is 7.28. The summed E-state index contributed by atoms with van der Waals surface area (Å²) in [5, 5.41) is 0.784. The Morgan fingerprint density at radius 2 is 1.93 bits per heavy atom. The van der Waals surface area contributed by atoms with Crippen molar-refractivity contribution in [3.8, 4) is 0 Å². The summed E-state index contributed by atoms with van der Waals surface area (Å²) >= 11 is 1.26. The minimum atomic E-state index is -3.52. The van der Waals surface area contributed by atoms with Crippen molar-refractivity contribution in [3.05, 3.63) is 40.8 Å². The predicted octanol–water partition coefficient (Wildman–Crippen LogP) is 4.26. The van der Waals surface area contributed by atoms with E-state index in [1.54, 1.807) is 11.2 Å². The zero-order valence-corrected chi connectivity index (χ0v) is 18.3. The standard InChI is InChI=1S/C20H26N4O2S2/c1-13(2)24-18-10-6-5-9-17(18)22-19(24)16-8-7-11-23(12-16)28(25,26)20-14(3)21-15(4)27-20/h5-6,9-10,13,16H,7-8,11-12H2,1-4H3/t16-/m0/s1. The van der Waals surface area contributed by atoms with Crippen LogP contribution < -0.4 is 0 Å². The number of aromatic nitrogens is 3. The lowest BCUT2D eigenvalue weighted by molar-refractivity contribution is 0.303. The predicted molar refractivity (Wildman–Crippen MR) is 112 cm³/mol. The summed E-state index contributed by atoms with van der Waals surface area (Å²) in [5.41, 5.74) is 2.68. The molecule has 28 heavy (non-hydrogen) atoms. The van der Waals surface area contributed by atoms with Gasteiger partial charge in [0, 0.05) is 25.0 Å². The van der Waals surface area contributed by atoms with E-state index in [0.29, 0.717) is 23.0 Å². The maximum Gasteiger partial charge on any atom is 0.254 e. The van der Waals surface area contributed by atoms with Crippen LogP contribution >= 0.6 is 11.3 Å². The third kappa shape index (κ3) is 3.27. The maximum absolute atomic E-state index is 13.3. The summed E-state index contributed by atoms with van der Waals surface area (Å²) in [7, 11) is -3.52. The largest absolute Gasteiger partial charge is 0.325 e. The van der Waals surface area contributed by atoms with Gasteiger partial charge in [-0.2, -0.15) is 4.31 Å². The average molecular weight is 419 g/mol. The monoisotopic (exact) mass is 418 g/mol. The Morgan fingerprint density at radius 1 is 1.18 bits per heavy atom. The van der Waals surface area contributed by atoms with Crippen LogP contribution in [-0.2, 0) is 10.0 Å². The van der Waals surface area contributed by atoms with Gasteiger partial charge < -0.3 is 4.57 Å². The summed E-state index contributed by atoms with van der Waals surface area (Å²) in [5.74, 6) is 1.08. The topological polar surface area (TPSA) is 68.1 Å². The SMILES string of the molecule is Cc1nc(C)c(S(=O)(=O)N2CCC[C@H](c3nc4ccccc4n3C(C)C)C2)s1. The van der Waals surface area contributed by atoms with E-state index in [1.807, 2.05) is 25.1 Å². The Labute approximate surface area is 170 Å². The number of hydrogen-bond donors (Lipinski definition) is 0. The first-order valence-corrected chi connectivity index (χ1v) is 12.0. The van der Waals surface area contributed by atoms with Crippen LogP contribution in [0.4, 0.5) is 0 Å². The van der Waals surface area contributed by atoms with Crippen molar-refractivity contribution >= 4 is 32.4 Å². The molecular weight excluding hydrogens is 392 g/mol. The molecule has 0 aliphatic carbocycles. The molecule has 0 amide bonds. The molecule has 6 nitrogen and oxygen atoms in total. The van der Waals surface area contributed by atoms with Crippen LogP contribution in [0.1, 0.15) is 55.2 Å². The van der Waals surface area contributed by atoms with E-state index in [9.17, 15) is 8.42 Å². The molecule has 2 aromatic heterocycles. The minimum absolute atomic E-state index is 0.0904. The lowest BCUT2D eigenvalue weighted by atomic mass is 9.98. The number of nitrogens with zero attached hydrogens (tertiary/aromatic N) is 4. The molecule has 1 aliphatic rings. The molecule has 1 atom stereocenters. The van der Waals surface area contributed by atoms with E-state index < -0.39 is 10.0 Å². The van der Waals surface area contributed by atoms with Crippen molar-refractivity contribution in [1.29, 1.82) is 0 Å². The van der Waals surface area contributed by atoms with Gasteiger partial charge in [-0.1, -0.05) is 12.1 Å². The van der Waals surface area contributed by atoms with E-state index in [0.717, 1.165) is 34.7 Å². The summed E-state index contributed by atoms with van der Waals surface area (Å²) in [6.07, 6.45) is 1.78. The first-order chi connectivity index (χ1) is 13.3. The van der Waals surface area contributed by atoms with E-state index >= 15 is 0 Å². The zero-order valence-electron chi connectivity index (χ0n) is 16.7. The lowest BCUT2D eigenvalue weighted by Crippen LogP contribution is -2.39. The highest BCUT2D eigenvalue weighted by Crippen LogP contribution is 2.35. The number of sulfonamides is 1. The molecular formula is C20H26N4O2S2. The van der Waals surface area contributed by atoms with E-state index in [2.05, 4.69) is 29.5 Å². The number of thiazole rings is 1. The van der Waals surface area contributed by atoms with E-state index in [-0.39, 0.29) is 12.0 Å². The molecule has 0 N–H and O–H groups in total. The third-order valence-electron chi connectivity index (χ3n) is 5.32. The van der Waals surface area contributed by atoms with E-state index in [1.165, 1.54) is 11.3 Å². The van der Waals surface area contributed by atoms with Gasteiger partial charge in [0.15, 0.2) is 4.21 Å². The lowest BCUT2D eigenvalue weighted by Gasteiger charge is -2.32. The molecule has 150 valence electrons. The number of rotatable bonds is 4. The van der Waals surface area contributed by atoms with Crippen molar-refractivity contribution < 1.29 is 8.42 Å². The Bertz CT molecular complexity index is 1110. The normalized spacial score (nSPS) is 19.0. The molecule has 0 bridgehead atoms. The molecule has 8 heteroatoms. The fourth-order valence-electron chi connectivity index (χ4n) is 4.13. The quantitative estimate of drug-likeness (QED) is 0.635. The number of para-hydroxylation sites is 2. The summed E-state index contributed by atoms with van der Waals surface area (Å²) in [4.78, 5) is 9.21. The van der Waals surface area contributed by atoms with Crippen LogP contribution in [0.2, 0.25) is 0 Å². The van der Waals surface area contributed by atoms with Crippen LogP contribution in [0, 0.1) is 13.8 Å². The number of imidazole rings is 1. The van der Waals surface area contributed by atoms with Gasteiger partial charge in [0.05, 0.1) is 21.7 Å². The number of benzene rings is 1. The van der Waals surface area contributed by atoms with Gasteiger partial charge in [-0.05, 0) is 52.7 Å². The number of aryl methyl sites for hydroxylation is 2. The van der Waals surface area contributed by atoms with Crippen molar-refractivity contribution in [2.24, 2.45) is 0 Å². The highest BCUT2D eigenvalue weighted by atomic mass is 32.2. The first-order valence-electron chi connectivity index (χ1n) is 9.70. The van der Waals surface area contributed by atoms with Crippen molar-refractivity contribution in [1.82, 2.24) is 18.8 Å². The van der Waals surface area contributed by atoms with Crippen molar-refractivity contribution in [3.63, 3.8) is 0 Å². The summed E-state index contributed by atoms with van der Waals surface area (Å²) < 4.78 is 30.8. The van der Waals surface area contributed by atoms with Gasteiger partial charge in [0.2, 0.25) is 0 Å². The first kappa shape index (κ1) is 19.5. The number of piperidine rings is 1. The average Bonchev–Trinajstić information content (AvgIpc) is 3.22. The summed E-state index contributed by atoms with van der Waals surface area (Å²) in [6.45, 7) is 8.94. The molecule has 3 heterocycles. The van der Waals surface area contributed by atoms with Gasteiger partial charge in [-0.15, -0.1) is 11.3 Å². The van der Waals surface area contributed by atoms with Gasteiger partial charge in [0.1, 0.15) is 5.82 Å². The van der Waals surface area contributed by atoms with Gasteiger partial charge in [0.25, 0.3) is 10.0 Å². The Kier molecular flexibility index (Phi) is 5.05. The van der Waals surface area contributed by atoms with Crippen LogP contribution in [-0.4, -0.2) is 40.3 Å². The zero-order chi connectivity index (χ0) is 20.1. The van der Waals surface area contributed by atoms with Gasteiger partial charge in [-0.3, -0.25) is 0 Å². The van der Waals surface area contributed by atoms with Crippen LogP contribution in [0.25, 0.3) is 11.0 Å². The molecule has 3 aromatic rings. The highest BCUT2D eigenvalue weighted by molar-refractivity contribution is 7.91. The van der Waals surface area contributed by atoms with Crippen molar-refractivity contribution in [2.75, 3.05) is 13.1 Å². The molecule has 0 saturated carbocycles. The van der Waals surface area contributed by atoms with Crippen LogP contribution in [0.3, 0.4) is 0 Å². The molecule has 1 fully saturated rings. The highest BCUT2D eigenvalue weighted by Gasteiger charge is 2.35. The molecule has 4 rings (SSSR count). The van der Waals surface area contributed by atoms with Gasteiger partial charge in [-0.25, -0.2) is 18.4 Å². The molecule has 0 unspecified atom stereocenters. The number of hydrogen-bond acceptors (Lipinski definition) is 5. The maximum atomic E-state index is 13.3. The minimum Gasteiger partial charge on any atom is -0.325 e. The third-order valence-corrected chi connectivity index (χ3v) is 8.85. The molecule has 1 aliphatic heterocycles. The Morgan fingerprint density at radius 3 is 2.61 bits per heavy atom. The molecule has 1 saturated heterocycles. The Hall–Kier alpha value is -1.77. The molecule has 0 radical (unpaired) electrons. The molecule has 1 aromatic carbocycles. The summed E-state index contributed by atoms with van der Waals surface area (Å²) in [6, 6.07) is 8.40. The second-order valence-electron chi connectivity index (χ2n) is 7.73. The van der Waals surface area contributed by atoms with Gasteiger partial charge >= 0.3 is 0 Å². The van der Waals surface area contributed by atoms with E-state index in [4.69, 9.17) is 4.98 Å². The second-order valence-corrected chi connectivity index (χ2v) is 11.1. The molecule has 0 spiro atoms. The van der Waals surface area contributed by atoms with Crippen molar-refractivity contribution in [2.45, 2.75) is 56.7 Å². The Balaban J connectivity index is 1.71. The fraction of sp³-hybridized carbons (Fsp3) is 0.500. The van der Waals surface area contributed by atoms with Crippen LogP contribution in [0.15, 0.2) is 28.5 Å². The van der Waals surface area contributed by atoms with Crippen LogP contribution in [0.5, 0.6) is 0 Å². The number of fused-ring (bicyclic) bond motifs is 1. The second kappa shape index (κ2) is 7.24. The smallest absolute Gasteiger partial charge is 0.254 e.